The highest BCUT2D eigenvalue weighted by molar-refractivity contribution is 6.28. The van der Waals surface area contributed by atoms with Gasteiger partial charge in [-0.25, -0.2) is 15.0 Å². The Morgan fingerprint density at radius 2 is 2.10 bits per heavy atom. The number of hydrogen-bond acceptors (Lipinski definition) is 4. The molecule has 0 amide bonds. The van der Waals surface area contributed by atoms with Crippen molar-refractivity contribution in [3.8, 4) is 0 Å². The number of aromatic nitrogens is 4. The van der Waals surface area contributed by atoms with E-state index in [0.717, 1.165) is 6.07 Å². The Morgan fingerprint density at radius 1 is 1.30 bits per heavy atom. The molecule has 0 radical (unpaired) electrons. The molecule has 0 fully saturated rings. The lowest BCUT2D eigenvalue weighted by atomic mass is 10.3. The van der Waals surface area contributed by atoms with Crippen LogP contribution in [0.3, 0.4) is 0 Å². The van der Waals surface area contributed by atoms with Crippen LogP contribution in [0.2, 0.25) is 5.28 Å². The van der Waals surface area contributed by atoms with Gasteiger partial charge in [0.05, 0.1) is 6.33 Å². The number of alkyl halides is 3. The molecule has 2 aromatic rings. The number of hydrogen-bond donors (Lipinski definition) is 1. The number of imidazole rings is 1. The van der Waals surface area contributed by atoms with Crippen LogP contribution in [-0.2, 0) is 12.7 Å². The molecule has 9 heteroatoms. The minimum Gasteiger partial charge on any atom is -0.370 e. The van der Waals surface area contributed by atoms with Crippen LogP contribution in [0.4, 0.5) is 19.0 Å². The highest BCUT2D eigenvalue weighted by Crippen LogP contribution is 2.29. The van der Waals surface area contributed by atoms with Crippen LogP contribution in [0, 0.1) is 0 Å². The first kappa shape index (κ1) is 14.6. The molecule has 0 spiro atoms. The minimum atomic E-state index is -4.54. The Morgan fingerprint density at radius 3 is 2.75 bits per heavy atom. The maximum Gasteiger partial charge on any atom is 0.433 e. The van der Waals surface area contributed by atoms with Gasteiger partial charge in [0.2, 0.25) is 5.28 Å². The van der Waals surface area contributed by atoms with E-state index in [2.05, 4.69) is 20.3 Å². The van der Waals surface area contributed by atoms with Crippen LogP contribution in [0.15, 0.2) is 24.8 Å². The van der Waals surface area contributed by atoms with E-state index >= 15 is 0 Å². The molecular formula is C11H11ClF3N5. The molecule has 0 aromatic carbocycles. The van der Waals surface area contributed by atoms with E-state index in [9.17, 15) is 13.2 Å². The van der Waals surface area contributed by atoms with Crippen molar-refractivity contribution in [2.45, 2.75) is 19.1 Å². The Bertz CT molecular complexity index is 556. The third kappa shape index (κ3) is 4.09. The summed E-state index contributed by atoms with van der Waals surface area (Å²) in [4.78, 5) is 10.7. The molecule has 0 aliphatic carbocycles. The fraction of sp³-hybridized carbons (Fsp3) is 0.364. The van der Waals surface area contributed by atoms with Gasteiger partial charge in [0, 0.05) is 31.5 Å². The number of halogens is 4. The fourth-order valence-electron chi connectivity index (χ4n) is 1.55. The molecule has 0 aliphatic rings. The highest BCUT2D eigenvalue weighted by Gasteiger charge is 2.33. The largest absolute Gasteiger partial charge is 0.433 e. The summed E-state index contributed by atoms with van der Waals surface area (Å²) in [5.74, 6) is 0.0583. The summed E-state index contributed by atoms with van der Waals surface area (Å²) in [7, 11) is 0. The SMILES string of the molecule is FC(F)(F)c1cc(NCCCn2ccnc2)nc(Cl)n1. The molecule has 0 atom stereocenters. The van der Waals surface area contributed by atoms with Crippen molar-refractivity contribution in [3.05, 3.63) is 35.8 Å². The molecule has 108 valence electrons. The van der Waals surface area contributed by atoms with Gasteiger partial charge >= 0.3 is 6.18 Å². The zero-order valence-corrected chi connectivity index (χ0v) is 11.0. The smallest absolute Gasteiger partial charge is 0.370 e. The monoisotopic (exact) mass is 305 g/mol. The van der Waals surface area contributed by atoms with Gasteiger partial charge in [-0.3, -0.25) is 0 Å². The standard InChI is InChI=1S/C11H11ClF3N5/c12-10-18-8(11(13,14)15)6-9(19-10)17-2-1-4-20-5-3-16-7-20/h3,5-7H,1-2,4H2,(H,17,18,19). The van der Waals surface area contributed by atoms with Crippen LogP contribution in [0.5, 0.6) is 0 Å². The quantitative estimate of drug-likeness (QED) is 0.682. The first-order valence-corrected chi connectivity index (χ1v) is 6.14. The van der Waals surface area contributed by atoms with Gasteiger partial charge in [-0.05, 0) is 18.0 Å². The zero-order valence-electron chi connectivity index (χ0n) is 10.2. The van der Waals surface area contributed by atoms with Gasteiger partial charge in [0.25, 0.3) is 0 Å². The first-order chi connectivity index (χ1) is 9.45. The number of anilines is 1. The van der Waals surface area contributed by atoms with E-state index in [1.807, 2.05) is 10.8 Å². The van der Waals surface area contributed by atoms with Crippen molar-refractivity contribution in [2.24, 2.45) is 0 Å². The number of nitrogens with one attached hydrogen (secondary N) is 1. The molecule has 1 N–H and O–H groups in total. The second-order valence-corrected chi connectivity index (χ2v) is 4.32. The van der Waals surface area contributed by atoms with E-state index in [4.69, 9.17) is 11.6 Å². The zero-order chi connectivity index (χ0) is 14.6. The molecule has 0 bridgehead atoms. The van der Waals surface area contributed by atoms with Gasteiger partial charge in [-0.1, -0.05) is 0 Å². The van der Waals surface area contributed by atoms with Crippen LogP contribution in [-0.4, -0.2) is 26.1 Å². The molecular weight excluding hydrogens is 295 g/mol. The molecule has 20 heavy (non-hydrogen) atoms. The van der Waals surface area contributed by atoms with Crippen LogP contribution >= 0.6 is 11.6 Å². The second kappa shape index (κ2) is 6.08. The van der Waals surface area contributed by atoms with Crippen molar-refractivity contribution in [3.63, 3.8) is 0 Å². The lowest BCUT2D eigenvalue weighted by Crippen LogP contribution is -2.12. The third-order valence-electron chi connectivity index (χ3n) is 2.45. The summed E-state index contributed by atoms with van der Waals surface area (Å²) in [6.45, 7) is 1.17. The van der Waals surface area contributed by atoms with Crippen molar-refractivity contribution in [1.29, 1.82) is 0 Å². The molecule has 0 aliphatic heterocycles. The number of aryl methyl sites for hydroxylation is 1. The normalized spacial score (nSPS) is 11.6. The van der Waals surface area contributed by atoms with E-state index in [-0.39, 0.29) is 5.82 Å². The third-order valence-corrected chi connectivity index (χ3v) is 2.62. The minimum absolute atomic E-state index is 0.0583. The van der Waals surface area contributed by atoms with Gasteiger partial charge in [-0.2, -0.15) is 13.2 Å². The predicted octanol–water partition coefficient (Wildman–Crippen LogP) is 2.85. The Hall–Kier alpha value is -1.83. The summed E-state index contributed by atoms with van der Waals surface area (Å²) in [5, 5.41) is 2.36. The number of nitrogens with zero attached hydrogens (tertiary/aromatic N) is 4. The summed E-state index contributed by atoms with van der Waals surface area (Å²) in [6, 6.07) is 0.836. The fourth-order valence-corrected chi connectivity index (χ4v) is 1.73. The second-order valence-electron chi connectivity index (χ2n) is 3.99. The lowest BCUT2D eigenvalue weighted by Gasteiger charge is -2.10. The molecule has 0 saturated heterocycles. The Kier molecular flexibility index (Phi) is 4.43. The van der Waals surface area contributed by atoms with E-state index < -0.39 is 17.2 Å². The maximum atomic E-state index is 12.5. The van der Waals surface area contributed by atoms with Gasteiger partial charge in [0.15, 0.2) is 5.69 Å². The molecule has 0 saturated carbocycles. The molecule has 0 unspecified atom stereocenters. The topological polar surface area (TPSA) is 55.6 Å². The summed E-state index contributed by atoms with van der Waals surface area (Å²) < 4.78 is 39.5. The van der Waals surface area contributed by atoms with Crippen molar-refractivity contribution in [1.82, 2.24) is 19.5 Å². The molecule has 2 aromatic heterocycles. The first-order valence-electron chi connectivity index (χ1n) is 5.76. The van der Waals surface area contributed by atoms with Gasteiger partial charge in [-0.15, -0.1) is 0 Å². The molecule has 5 nitrogen and oxygen atoms in total. The summed E-state index contributed by atoms with van der Waals surface area (Å²) in [6.07, 6.45) is 1.30. The Balaban J connectivity index is 1.91. The lowest BCUT2D eigenvalue weighted by molar-refractivity contribution is -0.141. The predicted molar refractivity (Wildman–Crippen MR) is 67.4 cm³/mol. The number of rotatable bonds is 5. The molecule has 2 heterocycles. The van der Waals surface area contributed by atoms with Crippen LogP contribution in [0.25, 0.3) is 0 Å². The maximum absolute atomic E-state index is 12.5. The highest BCUT2D eigenvalue weighted by atomic mass is 35.5. The molecule has 2 rings (SSSR count). The van der Waals surface area contributed by atoms with Crippen LogP contribution in [0.1, 0.15) is 12.1 Å². The van der Waals surface area contributed by atoms with Crippen molar-refractivity contribution in [2.75, 3.05) is 11.9 Å². The average Bonchev–Trinajstić information content (AvgIpc) is 2.86. The average molecular weight is 306 g/mol. The van der Waals surface area contributed by atoms with Gasteiger partial charge < -0.3 is 9.88 Å². The van der Waals surface area contributed by atoms with Crippen molar-refractivity contribution >= 4 is 17.4 Å². The Labute approximate surface area is 117 Å². The van der Waals surface area contributed by atoms with E-state index in [0.29, 0.717) is 19.5 Å². The van der Waals surface area contributed by atoms with Crippen LogP contribution < -0.4 is 5.32 Å². The van der Waals surface area contributed by atoms with Crippen molar-refractivity contribution < 1.29 is 13.2 Å². The van der Waals surface area contributed by atoms with E-state index in [1.165, 1.54) is 0 Å². The summed E-state index contributed by atoms with van der Waals surface area (Å²) >= 11 is 5.48. The van der Waals surface area contributed by atoms with E-state index in [1.54, 1.807) is 12.5 Å². The van der Waals surface area contributed by atoms with Gasteiger partial charge in [0.1, 0.15) is 5.82 Å². The summed E-state index contributed by atoms with van der Waals surface area (Å²) in [5.41, 5.74) is -1.06.